The molecule has 0 amide bonds. The van der Waals surface area contributed by atoms with Crippen LogP contribution in [0.4, 0.5) is 0 Å². The molecular formula is C6H8O7S2. The lowest BCUT2D eigenvalue weighted by Gasteiger charge is -1.84. The van der Waals surface area contributed by atoms with Gasteiger partial charge in [-0.2, -0.15) is 16.8 Å². The van der Waals surface area contributed by atoms with Gasteiger partial charge >= 0.3 is 18.3 Å². The standard InChI is InChI=1S/C6H6O.H2O6S2/c7-6-4-2-1-3-5-6;1-7(2,3)8(4,5)6/h1-5,7H;(H,1,2,3)(H,4,5,6). The van der Waals surface area contributed by atoms with E-state index >= 15 is 0 Å². The Bertz CT molecular complexity index is 458. The van der Waals surface area contributed by atoms with Crippen LogP contribution in [0.1, 0.15) is 0 Å². The first-order valence-corrected chi connectivity index (χ1v) is 6.73. The molecule has 0 unspecified atom stereocenters. The summed E-state index contributed by atoms with van der Waals surface area (Å²) in [6.45, 7) is 0. The number of hydrogen-bond donors (Lipinski definition) is 3. The van der Waals surface area contributed by atoms with Gasteiger partial charge in [0.2, 0.25) is 0 Å². The second-order valence-corrected chi connectivity index (χ2v) is 6.43. The second kappa shape index (κ2) is 5.07. The van der Waals surface area contributed by atoms with Crippen molar-refractivity contribution in [3.05, 3.63) is 30.3 Å². The predicted molar refractivity (Wildman–Crippen MR) is 51.2 cm³/mol. The maximum Gasteiger partial charge on any atom is 0.397 e. The van der Waals surface area contributed by atoms with Crippen LogP contribution in [0.5, 0.6) is 5.75 Å². The Hall–Kier alpha value is -1.16. The fourth-order valence-corrected chi connectivity index (χ4v) is 0.428. The van der Waals surface area contributed by atoms with Crippen LogP contribution in [-0.2, 0) is 18.3 Å². The molecule has 1 aromatic carbocycles. The van der Waals surface area contributed by atoms with Gasteiger partial charge in [-0.15, -0.1) is 0 Å². The van der Waals surface area contributed by atoms with Crippen molar-refractivity contribution < 1.29 is 31.0 Å². The van der Waals surface area contributed by atoms with Crippen molar-refractivity contribution in [1.29, 1.82) is 0 Å². The zero-order valence-corrected chi connectivity index (χ0v) is 8.81. The van der Waals surface area contributed by atoms with Gasteiger partial charge in [0.15, 0.2) is 0 Å². The minimum atomic E-state index is -5.31. The smallest absolute Gasteiger partial charge is 0.397 e. The zero-order chi connectivity index (χ0) is 12.1. The van der Waals surface area contributed by atoms with Crippen molar-refractivity contribution in [3.8, 4) is 5.75 Å². The molecule has 3 N–H and O–H groups in total. The van der Waals surface area contributed by atoms with Crippen LogP contribution in [0.25, 0.3) is 0 Å². The van der Waals surface area contributed by atoms with Crippen LogP contribution in [0.2, 0.25) is 0 Å². The largest absolute Gasteiger partial charge is 0.508 e. The van der Waals surface area contributed by atoms with Crippen molar-refractivity contribution in [2.45, 2.75) is 0 Å². The van der Waals surface area contributed by atoms with Gasteiger partial charge in [-0.25, -0.2) is 0 Å². The lowest BCUT2D eigenvalue weighted by atomic mass is 10.3. The van der Waals surface area contributed by atoms with E-state index in [4.69, 9.17) is 14.2 Å². The third-order valence-corrected chi connectivity index (χ3v) is 3.15. The normalized spacial score (nSPS) is 11.3. The molecule has 0 heterocycles. The Kier molecular flexibility index (Phi) is 4.68. The number of phenols is 1. The lowest BCUT2D eigenvalue weighted by Crippen LogP contribution is -2.11. The van der Waals surface area contributed by atoms with E-state index in [2.05, 4.69) is 0 Å². The zero-order valence-electron chi connectivity index (χ0n) is 7.18. The van der Waals surface area contributed by atoms with Gasteiger partial charge in [0.05, 0.1) is 0 Å². The number of benzene rings is 1. The van der Waals surface area contributed by atoms with Crippen molar-refractivity contribution in [2.24, 2.45) is 0 Å². The Morgan fingerprint density at radius 1 is 0.800 bits per heavy atom. The molecule has 15 heavy (non-hydrogen) atoms. The molecule has 0 radical (unpaired) electrons. The van der Waals surface area contributed by atoms with Crippen LogP contribution in [-0.4, -0.2) is 31.0 Å². The highest BCUT2D eigenvalue weighted by Gasteiger charge is 2.22. The summed E-state index contributed by atoms with van der Waals surface area (Å²) in [5.41, 5.74) is 0. The van der Waals surface area contributed by atoms with Gasteiger partial charge in [-0.05, 0) is 12.1 Å². The molecule has 0 saturated heterocycles. The maximum absolute atomic E-state index is 9.37. The molecule has 1 aromatic rings. The van der Waals surface area contributed by atoms with E-state index in [1.54, 1.807) is 24.3 Å². The third-order valence-electron chi connectivity index (χ3n) is 1.02. The topological polar surface area (TPSA) is 129 Å². The highest BCUT2D eigenvalue weighted by atomic mass is 33.2. The van der Waals surface area contributed by atoms with Crippen molar-refractivity contribution in [2.75, 3.05) is 0 Å². The number of para-hydroxylation sites is 1. The van der Waals surface area contributed by atoms with E-state index in [9.17, 15) is 16.8 Å². The predicted octanol–water partition coefficient (Wildman–Crippen LogP) is 0.0692. The molecule has 0 spiro atoms. The highest BCUT2D eigenvalue weighted by Crippen LogP contribution is 2.02. The Labute approximate surface area is 85.9 Å². The molecule has 0 aliphatic heterocycles. The second-order valence-electron chi connectivity index (χ2n) is 2.19. The fraction of sp³-hybridized carbons (Fsp3) is 0. The molecule has 0 aliphatic rings. The Morgan fingerprint density at radius 2 is 1.13 bits per heavy atom. The summed E-state index contributed by atoms with van der Waals surface area (Å²) in [7, 11) is -10.6. The quantitative estimate of drug-likeness (QED) is 0.479. The van der Waals surface area contributed by atoms with Crippen molar-refractivity contribution in [3.63, 3.8) is 0 Å². The van der Waals surface area contributed by atoms with Crippen LogP contribution in [0.3, 0.4) is 0 Å². The van der Waals surface area contributed by atoms with Crippen LogP contribution >= 0.6 is 0 Å². The molecule has 0 atom stereocenters. The average molecular weight is 256 g/mol. The number of hydrogen-bond acceptors (Lipinski definition) is 5. The summed E-state index contributed by atoms with van der Waals surface area (Å²) in [5, 5.41) is 8.63. The van der Waals surface area contributed by atoms with Crippen LogP contribution < -0.4 is 0 Å². The summed E-state index contributed by atoms with van der Waals surface area (Å²) in [6, 6.07) is 8.71. The van der Waals surface area contributed by atoms with E-state index in [-0.39, 0.29) is 0 Å². The van der Waals surface area contributed by atoms with E-state index in [1.807, 2.05) is 6.07 Å². The minimum absolute atomic E-state index is 0.322. The molecule has 7 nitrogen and oxygen atoms in total. The van der Waals surface area contributed by atoms with E-state index in [0.29, 0.717) is 5.75 Å². The van der Waals surface area contributed by atoms with Crippen molar-refractivity contribution >= 4 is 18.3 Å². The number of rotatable bonds is 1. The van der Waals surface area contributed by atoms with Gasteiger partial charge < -0.3 is 5.11 Å². The van der Waals surface area contributed by atoms with E-state index in [0.717, 1.165) is 0 Å². The molecule has 0 aromatic heterocycles. The fourth-order valence-electron chi connectivity index (χ4n) is 0.428. The molecule has 0 aliphatic carbocycles. The summed E-state index contributed by atoms with van der Waals surface area (Å²) in [4.78, 5) is 0. The highest BCUT2D eigenvalue weighted by molar-refractivity contribution is 8.62. The summed E-state index contributed by atoms with van der Waals surface area (Å²) in [5.74, 6) is 0.322. The summed E-state index contributed by atoms with van der Waals surface area (Å²) < 4.78 is 52.5. The third kappa shape index (κ3) is 6.01. The molecule has 86 valence electrons. The number of aromatic hydroxyl groups is 1. The molecule has 0 bridgehead atoms. The van der Waals surface area contributed by atoms with Crippen LogP contribution in [0, 0.1) is 0 Å². The Balaban J connectivity index is 0.000000262. The summed E-state index contributed by atoms with van der Waals surface area (Å²) >= 11 is 0. The van der Waals surface area contributed by atoms with Gasteiger partial charge in [0.1, 0.15) is 5.75 Å². The number of phenolic OH excluding ortho intramolecular Hbond substituents is 1. The van der Waals surface area contributed by atoms with Gasteiger partial charge in [-0.1, -0.05) is 18.2 Å². The van der Waals surface area contributed by atoms with E-state index < -0.39 is 18.3 Å². The van der Waals surface area contributed by atoms with E-state index in [1.165, 1.54) is 0 Å². The van der Waals surface area contributed by atoms with Crippen LogP contribution in [0.15, 0.2) is 30.3 Å². The van der Waals surface area contributed by atoms with Gasteiger partial charge in [0.25, 0.3) is 0 Å². The molecule has 0 fully saturated rings. The maximum atomic E-state index is 9.37. The molecule has 1 rings (SSSR count). The van der Waals surface area contributed by atoms with Gasteiger partial charge in [0, 0.05) is 0 Å². The Morgan fingerprint density at radius 3 is 1.27 bits per heavy atom. The molecule has 9 heteroatoms. The SMILES string of the molecule is O=S(=O)(O)S(=O)(=O)O.Oc1ccccc1. The minimum Gasteiger partial charge on any atom is -0.508 e. The monoisotopic (exact) mass is 256 g/mol. The average Bonchev–Trinajstić information content (AvgIpc) is 2.02. The van der Waals surface area contributed by atoms with Gasteiger partial charge in [-0.3, -0.25) is 9.11 Å². The summed E-state index contributed by atoms with van der Waals surface area (Å²) in [6.07, 6.45) is 0. The van der Waals surface area contributed by atoms with Crippen molar-refractivity contribution in [1.82, 2.24) is 0 Å². The molecular weight excluding hydrogens is 248 g/mol. The lowest BCUT2D eigenvalue weighted by molar-refractivity contribution is 0.460. The molecule has 0 saturated carbocycles. The first kappa shape index (κ1) is 13.8. The first-order chi connectivity index (χ1) is 6.64. The first-order valence-electron chi connectivity index (χ1n) is 3.33.